The van der Waals surface area contributed by atoms with Crippen LogP contribution in [0.5, 0.6) is 5.75 Å². The molecule has 1 aromatic rings. The molecular weight excluding hydrogens is 238 g/mol. The second-order valence-electron chi connectivity index (χ2n) is 5.57. The van der Waals surface area contributed by atoms with Crippen LogP contribution in [0, 0.1) is 19.8 Å². The van der Waals surface area contributed by atoms with Crippen LogP contribution in [-0.4, -0.2) is 26.9 Å². The van der Waals surface area contributed by atoms with Gasteiger partial charge >= 0.3 is 0 Å². The maximum atomic E-state index is 5.94. The van der Waals surface area contributed by atoms with Gasteiger partial charge in [-0.15, -0.1) is 0 Å². The third kappa shape index (κ3) is 2.77. The van der Waals surface area contributed by atoms with Crippen molar-refractivity contribution >= 4 is 0 Å². The molecule has 0 spiro atoms. The molecule has 1 saturated heterocycles. The monoisotopic (exact) mass is 263 g/mol. The molecule has 0 aromatic heterocycles. The maximum absolute atomic E-state index is 5.94. The maximum Gasteiger partial charge on any atom is 0.124 e. The summed E-state index contributed by atoms with van der Waals surface area (Å²) in [6, 6.07) is 4.50. The second kappa shape index (κ2) is 5.93. The van der Waals surface area contributed by atoms with E-state index in [0.717, 1.165) is 18.8 Å². The summed E-state index contributed by atoms with van der Waals surface area (Å²) >= 11 is 0. The molecule has 0 aliphatic carbocycles. The van der Waals surface area contributed by atoms with Gasteiger partial charge in [0, 0.05) is 12.2 Å². The Kier molecular flexibility index (Phi) is 4.48. The lowest BCUT2D eigenvalue weighted by molar-refractivity contribution is 0.0621. The lowest BCUT2D eigenvalue weighted by Crippen LogP contribution is -2.33. The van der Waals surface area contributed by atoms with Crippen LogP contribution in [0.1, 0.15) is 36.1 Å². The predicted molar refractivity (Wildman–Crippen MR) is 77.8 cm³/mol. The van der Waals surface area contributed by atoms with Gasteiger partial charge in [0.25, 0.3) is 0 Å². The molecule has 106 valence electrons. The third-order valence-electron chi connectivity index (χ3n) is 4.11. The lowest BCUT2D eigenvalue weighted by atomic mass is 9.89. The SMILES string of the molecule is CNC(c1c(C)cc(C)cc1OC)C1OCCC1C. The summed E-state index contributed by atoms with van der Waals surface area (Å²) in [4.78, 5) is 0. The van der Waals surface area contributed by atoms with Crippen LogP contribution >= 0.6 is 0 Å². The van der Waals surface area contributed by atoms with Gasteiger partial charge in [-0.1, -0.05) is 13.0 Å². The van der Waals surface area contributed by atoms with Crippen molar-refractivity contribution in [3.63, 3.8) is 0 Å². The number of hydrogen-bond acceptors (Lipinski definition) is 3. The second-order valence-corrected chi connectivity index (χ2v) is 5.57. The average Bonchev–Trinajstić information content (AvgIpc) is 2.78. The number of likely N-dealkylation sites (N-methyl/N-ethyl adjacent to an activating group) is 1. The summed E-state index contributed by atoms with van der Waals surface area (Å²) < 4.78 is 11.5. The van der Waals surface area contributed by atoms with Gasteiger partial charge in [-0.25, -0.2) is 0 Å². The van der Waals surface area contributed by atoms with Gasteiger partial charge in [-0.05, 0) is 50.4 Å². The molecule has 1 aromatic carbocycles. The fraction of sp³-hybridized carbons (Fsp3) is 0.625. The van der Waals surface area contributed by atoms with Crippen molar-refractivity contribution < 1.29 is 9.47 Å². The molecule has 0 amide bonds. The van der Waals surface area contributed by atoms with Gasteiger partial charge in [0.15, 0.2) is 0 Å². The Labute approximate surface area is 116 Å². The highest BCUT2D eigenvalue weighted by molar-refractivity contribution is 5.45. The first-order chi connectivity index (χ1) is 9.08. The predicted octanol–water partition coefficient (Wildman–Crippen LogP) is 3.00. The van der Waals surface area contributed by atoms with E-state index in [1.807, 2.05) is 7.05 Å². The van der Waals surface area contributed by atoms with Gasteiger partial charge < -0.3 is 14.8 Å². The van der Waals surface area contributed by atoms with Gasteiger partial charge in [0.2, 0.25) is 0 Å². The molecule has 3 heteroatoms. The van der Waals surface area contributed by atoms with Crippen LogP contribution in [0.15, 0.2) is 12.1 Å². The van der Waals surface area contributed by atoms with Crippen LogP contribution in [-0.2, 0) is 4.74 Å². The topological polar surface area (TPSA) is 30.5 Å². The minimum absolute atomic E-state index is 0.188. The van der Waals surface area contributed by atoms with E-state index in [1.54, 1.807) is 7.11 Å². The average molecular weight is 263 g/mol. The Balaban J connectivity index is 2.42. The van der Waals surface area contributed by atoms with E-state index in [-0.39, 0.29) is 12.1 Å². The van der Waals surface area contributed by atoms with E-state index in [4.69, 9.17) is 9.47 Å². The minimum Gasteiger partial charge on any atom is -0.496 e. The number of rotatable bonds is 4. The van der Waals surface area contributed by atoms with Crippen LogP contribution in [0.25, 0.3) is 0 Å². The first-order valence-electron chi connectivity index (χ1n) is 7.02. The van der Waals surface area contributed by atoms with Crippen molar-refractivity contribution in [1.29, 1.82) is 0 Å². The first kappa shape index (κ1) is 14.4. The Hall–Kier alpha value is -1.06. The van der Waals surface area contributed by atoms with Crippen LogP contribution in [0.3, 0.4) is 0 Å². The Morgan fingerprint density at radius 2 is 2.11 bits per heavy atom. The van der Waals surface area contributed by atoms with Gasteiger partial charge in [-0.2, -0.15) is 0 Å². The zero-order chi connectivity index (χ0) is 14.0. The van der Waals surface area contributed by atoms with E-state index < -0.39 is 0 Å². The number of benzene rings is 1. The van der Waals surface area contributed by atoms with E-state index in [9.17, 15) is 0 Å². The minimum atomic E-state index is 0.188. The fourth-order valence-corrected chi connectivity index (χ4v) is 3.12. The molecule has 2 rings (SSSR count). The van der Waals surface area contributed by atoms with Crippen LogP contribution in [0.2, 0.25) is 0 Å². The number of methoxy groups -OCH3 is 1. The normalized spacial score (nSPS) is 24.5. The molecule has 0 bridgehead atoms. The highest BCUT2D eigenvalue weighted by Gasteiger charge is 2.34. The molecule has 1 N–H and O–H groups in total. The van der Waals surface area contributed by atoms with Gasteiger partial charge in [-0.3, -0.25) is 0 Å². The molecule has 0 radical (unpaired) electrons. The Bertz CT molecular complexity index is 445. The van der Waals surface area contributed by atoms with Crippen molar-refractivity contribution in [2.45, 2.75) is 39.3 Å². The van der Waals surface area contributed by atoms with Crippen molar-refractivity contribution in [1.82, 2.24) is 5.32 Å². The molecule has 3 atom stereocenters. The fourth-order valence-electron chi connectivity index (χ4n) is 3.12. The molecule has 19 heavy (non-hydrogen) atoms. The van der Waals surface area contributed by atoms with E-state index in [1.165, 1.54) is 16.7 Å². The van der Waals surface area contributed by atoms with Crippen molar-refractivity contribution in [3.05, 3.63) is 28.8 Å². The number of ether oxygens (including phenoxy) is 2. The van der Waals surface area contributed by atoms with E-state index in [2.05, 4.69) is 38.2 Å². The summed E-state index contributed by atoms with van der Waals surface area (Å²) in [6.45, 7) is 7.37. The van der Waals surface area contributed by atoms with Crippen LogP contribution in [0.4, 0.5) is 0 Å². The summed E-state index contributed by atoms with van der Waals surface area (Å²) in [5.41, 5.74) is 3.72. The highest BCUT2D eigenvalue weighted by Crippen LogP contribution is 2.37. The molecule has 3 nitrogen and oxygen atoms in total. The summed E-state index contributed by atoms with van der Waals surface area (Å²) in [6.07, 6.45) is 1.36. The number of hydrogen-bond donors (Lipinski definition) is 1. The zero-order valence-electron chi connectivity index (χ0n) is 12.6. The van der Waals surface area contributed by atoms with Crippen LogP contribution < -0.4 is 10.1 Å². The van der Waals surface area contributed by atoms with E-state index >= 15 is 0 Å². The smallest absolute Gasteiger partial charge is 0.124 e. The zero-order valence-corrected chi connectivity index (χ0v) is 12.6. The molecule has 1 fully saturated rings. The first-order valence-corrected chi connectivity index (χ1v) is 7.02. The third-order valence-corrected chi connectivity index (χ3v) is 4.11. The van der Waals surface area contributed by atoms with E-state index in [0.29, 0.717) is 5.92 Å². The Morgan fingerprint density at radius 3 is 2.63 bits per heavy atom. The molecule has 0 saturated carbocycles. The van der Waals surface area contributed by atoms with Gasteiger partial charge in [0.1, 0.15) is 5.75 Å². The molecular formula is C16H25NO2. The summed E-state index contributed by atoms with van der Waals surface area (Å²) in [5.74, 6) is 1.53. The number of aryl methyl sites for hydroxylation is 2. The molecule has 1 aliphatic heterocycles. The highest BCUT2D eigenvalue weighted by atomic mass is 16.5. The molecule has 1 heterocycles. The lowest BCUT2D eigenvalue weighted by Gasteiger charge is -2.29. The Morgan fingerprint density at radius 1 is 1.37 bits per heavy atom. The van der Waals surface area contributed by atoms with Crippen molar-refractivity contribution in [2.24, 2.45) is 5.92 Å². The standard InChI is InChI=1S/C16H25NO2/c1-10-8-12(3)14(13(9-10)18-5)15(17-4)16-11(2)6-7-19-16/h8-9,11,15-17H,6-7H2,1-5H3. The number of nitrogens with one attached hydrogen (secondary N) is 1. The molecule has 3 unspecified atom stereocenters. The quantitative estimate of drug-likeness (QED) is 0.906. The largest absolute Gasteiger partial charge is 0.496 e. The summed E-state index contributed by atoms with van der Waals surface area (Å²) in [7, 11) is 3.74. The van der Waals surface area contributed by atoms with Crippen molar-refractivity contribution in [2.75, 3.05) is 20.8 Å². The van der Waals surface area contributed by atoms with Crippen molar-refractivity contribution in [3.8, 4) is 5.75 Å². The summed E-state index contributed by atoms with van der Waals surface area (Å²) in [5, 5.41) is 3.42. The molecule has 1 aliphatic rings. The van der Waals surface area contributed by atoms with Gasteiger partial charge in [0.05, 0.1) is 19.3 Å².